The van der Waals surface area contributed by atoms with Gasteiger partial charge in [0.05, 0.1) is 11.4 Å². The van der Waals surface area contributed by atoms with E-state index in [2.05, 4.69) is 10.6 Å². The average Bonchev–Trinajstić information content (AvgIpc) is 2.78. The first-order chi connectivity index (χ1) is 15.7. The lowest BCUT2D eigenvalue weighted by Gasteiger charge is -2.22. The standard InChI is InChI=1S/C24H24ClN3O4S/c1-18(29)26-21-9-11-22(12-10-21)27-24(30)17-28(16-15-19-5-3-2-4-6-19)33(31,32)23-13-7-20(25)8-14-23/h2-14H,15-17H2,1H3,(H,26,29)(H,27,30). The van der Waals surface area contributed by atoms with Gasteiger partial charge in [0.1, 0.15) is 0 Å². The van der Waals surface area contributed by atoms with E-state index in [9.17, 15) is 18.0 Å². The van der Waals surface area contributed by atoms with Crippen LogP contribution in [0.5, 0.6) is 0 Å². The molecule has 0 aliphatic heterocycles. The zero-order chi connectivity index (χ0) is 23.8. The number of amides is 2. The lowest BCUT2D eigenvalue weighted by molar-refractivity contribution is -0.116. The topological polar surface area (TPSA) is 95.6 Å². The quantitative estimate of drug-likeness (QED) is 0.475. The van der Waals surface area contributed by atoms with E-state index in [0.29, 0.717) is 22.8 Å². The van der Waals surface area contributed by atoms with Crippen LogP contribution in [0.3, 0.4) is 0 Å². The van der Waals surface area contributed by atoms with E-state index in [-0.39, 0.29) is 23.9 Å². The molecule has 172 valence electrons. The first kappa shape index (κ1) is 24.4. The van der Waals surface area contributed by atoms with Crippen LogP contribution in [0.25, 0.3) is 0 Å². The number of halogens is 1. The Labute approximate surface area is 198 Å². The predicted octanol–water partition coefficient (Wildman–Crippen LogP) is 4.17. The maximum atomic E-state index is 13.3. The molecule has 0 atom stereocenters. The molecule has 0 radical (unpaired) electrons. The molecule has 0 unspecified atom stereocenters. The molecule has 0 heterocycles. The molecule has 0 aliphatic carbocycles. The van der Waals surface area contributed by atoms with E-state index in [1.165, 1.54) is 31.2 Å². The van der Waals surface area contributed by atoms with Crippen LogP contribution in [0.4, 0.5) is 11.4 Å². The molecule has 3 aromatic rings. The molecule has 0 aliphatic rings. The summed E-state index contributed by atoms with van der Waals surface area (Å²) in [4.78, 5) is 23.9. The Hall–Kier alpha value is -3.20. The van der Waals surface area contributed by atoms with Gasteiger partial charge in [-0.25, -0.2) is 8.42 Å². The highest BCUT2D eigenvalue weighted by molar-refractivity contribution is 7.89. The summed E-state index contributed by atoms with van der Waals surface area (Å²) in [5.74, 6) is -0.680. The van der Waals surface area contributed by atoms with Crippen LogP contribution < -0.4 is 10.6 Å². The summed E-state index contributed by atoms with van der Waals surface area (Å²) >= 11 is 5.90. The zero-order valence-electron chi connectivity index (χ0n) is 18.0. The Balaban J connectivity index is 1.75. The van der Waals surface area contributed by atoms with Gasteiger partial charge in [0.15, 0.2) is 0 Å². The van der Waals surface area contributed by atoms with Crippen molar-refractivity contribution in [2.24, 2.45) is 0 Å². The third-order valence-electron chi connectivity index (χ3n) is 4.75. The van der Waals surface area contributed by atoms with Crippen LogP contribution in [-0.2, 0) is 26.0 Å². The fraction of sp³-hybridized carbons (Fsp3) is 0.167. The van der Waals surface area contributed by atoms with E-state index in [1.807, 2.05) is 30.3 Å². The Morgan fingerprint density at radius 1 is 0.848 bits per heavy atom. The molecule has 0 saturated carbocycles. The van der Waals surface area contributed by atoms with Gasteiger partial charge in [0, 0.05) is 29.9 Å². The normalized spacial score (nSPS) is 11.2. The zero-order valence-corrected chi connectivity index (χ0v) is 19.6. The van der Waals surface area contributed by atoms with Gasteiger partial charge in [-0.05, 0) is 60.5 Å². The largest absolute Gasteiger partial charge is 0.326 e. The smallest absolute Gasteiger partial charge is 0.243 e. The molecule has 0 spiro atoms. The molecule has 0 bridgehead atoms. The van der Waals surface area contributed by atoms with E-state index in [0.717, 1.165) is 9.87 Å². The number of nitrogens with zero attached hydrogens (tertiary/aromatic N) is 1. The summed E-state index contributed by atoms with van der Waals surface area (Å²) in [7, 11) is -3.93. The van der Waals surface area contributed by atoms with Crippen molar-refractivity contribution in [2.75, 3.05) is 23.7 Å². The van der Waals surface area contributed by atoms with Gasteiger partial charge in [-0.2, -0.15) is 4.31 Å². The maximum absolute atomic E-state index is 13.3. The summed E-state index contributed by atoms with van der Waals surface area (Å²) in [6, 6.07) is 21.9. The van der Waals surface area contributed by atoms with Crippen LogP contribution >= 0.6 is 11.6 Å². The summed E-state index contributed by atoms with van der Waals surface area (Å²) in [5, 5.41) is 5.77. The minimum absolute atomic E-state index is 0.0624. The number of rotatable bonds is 9. The molecule has 9 heteroatoms. The first-order valence-electron chi connectivity index (χ1n) is 10.2. The molecule has 33 heavy (non-hydrogen) atoms. The van der Waals surface area contributed by atoms with E-state index < -0.39 is 15.9 Å². The molecule has 3 rings (SSSR count). The number of hydrogen-bond donors (Lipinski definition) is 2. The SMILES string of the molecule is CC(=O)Nc1ccc(NC(=O)CN(CCc2ccccc2)S(=O)(=O)c2ccc(Cl)cc2)cc1. The van der Waals surface area contributed by atoms with Gasteiger partial charge in [0.2, 0.25) is 21.8 Å². The minimum Gasteiger partial charge on any atom is -0.326 e. The summed E-state index contributed by atoms with van der Waals surface area (Å²) in [6.45, 7) is 1.18. The Kier molecular flexibility index (Phi) is 8.21. The fourth-order valence-corrected chi connectivity index (χ4v) is 4.66. The highest BCUT2D eigenvalue weighted by Crippen LogP contribution is 2.20. The molecular weight excluding hydrogens is 462 g/mol. The monoisotopic (exact) mass is 485 g/mol. The van der Waals surface area contributed by atoms with Crippen molar-refractivity contribution in [3.8, 4) is 0 Å². The number of carbonyl (C=O) groups is 2. The molecular formula is C24H24ClN3O4S. The second-order valence-electron chi connectivity index (χ2n) is 7.33. The average molecular weight is 486 g/mol. The van der Waals surface area contributed by atoms with Crippen LogP contribution in [0.2, 0.25) is 5.02 Å². The van der Waals surface area contributed by atoms with Crippen molar-refractivity contribution in [1.82, 2.24) is 4.31 Å². The minimum atomic E-state index is -3.93. The molecule has 2 N–H and O–H groups in total. The van der Waals surface area contributed by atoms with Gasteiger partial charge < -0.3 is 10.6 Å². The van der Waals surface area contributed by atoms with Crippen LogP contribution in [0.1, 0.15) is 12.5 Å². The molecule has 0 fully saturated rings. The van der Waals surface area contributed by atoms with Gasteiger partial charge in [0.25, 0.3) is 0 Å². The van der Waals surface area contributed by atoms with Crippen LogP contribution in [0, 0.1) is 0 Å². The van der Waals surface area contributed by atoms with E-state index >= 15 is 0 Å². The molecule has 0 aromatic heterocycles. The number of anilines is 2. The van der Waals surface area contributed by atoms with Gasteiger partial charge in [-0.1, -0.05) is 41.9 Å². The summed E-state index contributed by atoms with van der Waals surface area (Å²) in [5.41, 5.74) is 2.04. The second-order valence-corrected chi connectivity index (χ2v) is 9.71. The first-order valence-corrected chi connectivity index (χ1v) is 12.0. The third-order valence-corrected chi connectivity index (χ3v) is 6.86. The highest BCUT2D eigenvalue weighted by atomic mass is 35.5. The van der Waals surface area contributed by atoms with Gasteiger partial charge >= 0.3 is 0 Å². The van der Waals surface area contributed by atoms with Crippen LogP contribution in [-0.4, -0.2) is 37.6 Å². The third kappa shape index (κ3) is 7.15. The molecule has 0 saturated heterocycles. The second kappa shape index (κ2) is 11.1. The lowest BCUT2D eigenvalue weighted by Crippen LogP contribution is -2.39. The number of sulfonamides is 1. The van der Waals surface area contributed by atoms with Crippen molar-refractivity contribution < 1.29 is 18.0 Å². The van der Waals surface area contributed by atoms with Crippen molar-refractivity contribution in [1.29, 1.82) is 0 Å². The summed E-state index contributed by atoms with van der Waals surface area (Å²) < 4.78 is 27.7. The van der Waals surface area contributed by atoms with Crippen molar-refractivity contribution >= 4 is 44.8 Å². The van der Waals surface area contributed by atoms with E-state index in [4.69, 9.17) is 11.6 Å². The van der Waals surface area contributed by atoms with Gasteiger partial charge in [-0.3, -0.25) is 9.59 Å². The van der Waals surface area contributed by atoms with Crippen LogP contribution in [0.15, 0.2) is 83.8 Å². The van der Waals surface area contributed by atoms with Crippen molar-refractivity contribution in [3.05, 3.63) is 89.4 Å². The molecule has 7 nitrogen and oxygen atoms in total. The van der Waals surface area contributed by atoms with Crippen molar-refractivity contribution in [2.45, 2.75) is 18.2 Å². The molecule has 2 amide bonds. The van der Waals surface area contributed by atoms with Crippen molar-refractivity contribution in [3.63, 3.8) is 0 Å². The number of benzene rings is 3. The van der Waals surface area contributed by atoms with E-state index in [1.54, 1.807) is 24.3 Å². The molecule has 3 aromatic carbocycles. The number of carbonyl (C=O) groups excluding carboxylic acids is 2. The lowest BCUT2D eigenvalue weighted by atomic mass is 10.1. The summed E-state index contributed by atoms with van der Waals surface area (Å²) in [6.07, 6.45) is 0.451. The Morgan fingerprint density at radius 3 is 2.00 bits per heavy atom. The predicted molar refractivity (Wildman–Crippen MR) is 130 cm³/mol. The fourth-order valence-electron chi connectivity index (χ4n) is 3.14. The maximum Gasteiger partial charge on any atom is 0.243 e. The number of hydrogen-bond acceptors (Lipinski definition) is 4. The number of nitrogens with one attached hydrogen (secondary N) is 2. The van der Waals surface area contributed by atoms with Gasteiger partial charge in [-0.15, -0.1) is 0 Å². The Morgan fingerprint density at radius 2 is 1.42 bits per heavy atom. The highest BCUT2D eigenvalue weighted by Gasteiger charge is 2.26. The Bertz CT molecular complexity index is 1200.